The molecule has 1 atom stereocenters. The largest absolute Gasteiger partial charge is 0.351 e. The lowest BCUT2D eigenvalue weighted by atomic mass is 10.1. The molecule has 1 amide bonds. The molecule has 0 saturated carbocycles. The molecule has 0 aliphatic heterocycles. The summed E-state index contributed by atoms with van der Waals surface area (Å²) in [5.74, 6) is -1.36. The third-order valence-electron chi connectivity index (χ3n) is 4.74. The summed E-state index contributed by atoms with van der Waals surface area (Å²) < 4.78 is 41.9. The van der Waals surface area contributed by atoms with Crippen molar-refractivity contribution in [3.8, 4) is 0 Å². The first-order valence-corrected chi connectivity index (χ1v) is 11.0. The van der Waals surface area contributed by atoms with Gasteiger partial charge in [0.15, 0.2) is 0 Å². The van der Waals surface area contributed by atoms with E-state index in [4.69, 9.17) is 0 Å². The maximum atomic E-state index is 14.1. The Hall–Kier alpha value is -3.03. The van der Waals surface area contributed by atoms with Gasteiger partial charge in [-0.05, 0) is 42.2 Å². The minimum atomic E-state index is -4.23. The second kappa shape index (κ2) is 9.65. The monoisotopic (exact) mass is 426 g/mol. The molecular formula is C23H23FN2O3S. The molecule has 0 spiro atoms. The first-order valence-electron chi connectivity index (χ1n) is 9.50. The van der Waals surface area contributed by atoms with E-state index in [0.29, 0.717) is 0 Å². The van der Waals surface area contributed by atoms with Gasteiger partial charge in [-0.1, -0.05) is 66.7 Å². The van der Waals surface area contributed by atoms with E-state index in [1.807, 2.05) is 49.4 Å². The summed E-state index contributed by atoms with van der Waals surface area (Å²) in [5.41, 5.74) is 2.73. The van der Waals surface area contributed by atoms with Crippen LogP contribution < -0.4 is 10.0 Å². The molecule has 3 rings (SSSR count). The lowest BCUT2D eigenvalue weighted by Crippen LogP contribution is -2.47. The Balaban J connectivity index is 1.82. The van der Waals surface area contributed by atoms with Gasteiger partial charge in [0.25, 0.3) is 0 Å². The number of amides is 1. The topological polar surface area (TPSA) is 75.3 Å². The van der Waals surface area contributed by atoms with Gasteiger partial charge in [-0.25, -0.2) is 12.8 Å². The average Bonchev–Trinajstić information content (AvgIpc) is 2.73. The Bertz CT molecular complexity index is 1120. The lowest BCUT2D eigenvalue weighted by Gasteiger charge is -2.19. The summed E-state index contributed by atoms with van der Waals surface area (Å²) in [6.07, 6.45) is 0.133. The second-order valence-corrected chi connectivity index (χ2v) is 8.62. The van der Waals surface area contributed by atoms with Crippen LogP contribution >= 0.6 is 0 Å². The summed E-state index contributed by atoms with van der Waals surface area (Å²) >= 11 is 0. The van der Waals surface area contributed by atoms with E-state index in [1.165, 1.54) is 18.2 Å². The number of benzene rings is 3. The van der Waals surface area contributed by atoms with Crippen LogP contribution in [0.1, 0.15) is 16.7 Å². The van der Waals surface area contributed by atoms with Crippen molar-refractivity contribution in [2.45, 2.75) is 30.8 Å². The summed E-state index contributed by atoms with van der Waals surface area (Å²) in [5, 5.41) is 2.79. The fraction of sp³-hybridized carbons (Fsp3) is 0.174. The predicted molar refractivity (Wildman–Crippen MR) is 114 cm³/mol. The van der Waals surface area contributed by atoms with Gasteiger partial charge in [0, 0.05) is 6.54 Å². The highest BCUT2D eigenvalue weighted by Gasteiger charge is 2.27. The van der Waals surface area contributed by atoms with Crippen molar-refractivity contribution >= 4 is 15.9 Å². The molecule has 2 N–H and O–H groups in total. The lowest BCUT2D eigenvalue weighted by molar-refractivity contribution is -0.122. The molecule has 0 radical (unpaired) electrons. The van der Waals surface area contributed by atoms with Crippen LogP contribution in [0.25, 0.3) is 0 Å². The summed E-state index contributed by atoms with van der Waals surface area (Å²) in [6, 6.07) is 20.6. The maximum absolute atomic E-state index is 14.1. The fourth-order valence-corrected chi connectivity index (χ4v) is 4.34. The number of sulfonamides is 1. The predicted octanol–water partition coefficient (Wildman–Crippen LogP) is 3.34. The number of hydrogen-bond donors (Lipinski definition) is 2. The summed E-state index contributed by atoms with van der Waals surface area (Å²) in [7, 11) is -4.23. The van der Waals surface area contributed by atoms with Gasteiger partial charge < -0.3 is 5.32 Å². The van der Waals surface area contributed by atoms with E-state index in [0.717, 1.165) is 22.8 Å². The molecule has 1 unspecified atom stereocenters. The van der Waals surface area contributed by atoms with Gasteiger partial charge in [-0.2, -0.15) is 4.72 Å². The minimum absolute atomic E-state index is 0.133. The Labute approximate surface area is 176 Å². The molecule has 0 heterocycles. The van der Waals surface area contributed by atoms with E-state index < -0.39 is 32.7 Å². The van der Waals surface area contributed by atoms with Crippen molar-refractivity contribution in [1.29, 1.82) is 0 Å². The van der Waals surface area contributed by atoms with Crippen LogP contribution in [0.2, 0.25) is 0 Å². The summed E-state index contributed by atoms with van der Waals surface area (Å²) in [6.45, 7) is 2.20. The number of rotatable bonds is 8. The molecule has 0 saturated heterocycles. The molecule has 3 aromatic carbocycles. The number of hydrogen-bond acceptors (Lipinski definition) is 3. The van der Waals surface area contributed by atoms with Crippen LogP contribution in [0, 0.1) is 12.7 Å². The molecule has 5 nitrogen and oxygen atoms in total. The SMILES string of the molecule is Cc1ccccc1CNC(=O)C(Cc1ccccc1)NS(=O)(=O)c1ccccc1F. The highest BCUT2D eigenvalue weighted by Crippen LogP contribution is 2.15. The number of aryl methyl sites for hydroxylation is 1. The van der Waals surface area contributed by atoms with Crippen molar-refractivity contribution in [3.05, 3.63) is 101 Å². The van der Waals surface area contributed by atoms with Gasteiger partial charge in [0.1, 0.15) is 16.8 Å². The number of halogens is 1. The van der Waals surface area contributed by atoms with Crippen molar-refractivity contribution < 1.29 is 17.6 Å². The molecule has 0 fully saturated rings. The van der Waals surface area contributed by atoms with E-state index in [2.05, 4.69) is 10.0 Å². The van der Waals surface area contributed by atoms with Gasteiger partial charge >= 0.3 is 0 Å². The quantitative estimate of drug-likeness (QED) is 0.580. The van der Waals surface area contributed by atoms with Gasteiger partial charge in [0.2, 0.25) is 15.9 Å². The van der Waals surface area contributed by atoms with Crippen LogP contribution in [0.3, 0.4) is 0 Å². The molecule has 156 valence electrons. The zero-order valence-electron chi connectivity index (χ0n) is 16.5. The zero-order valence-corrected chi connectivity index (χ0v) is 17.3. The highest BCUT2D eigenvalue weighted by atomic mass is 32.2. The van der Waals surface area contributed by atoms with Crippen molar-refractivity contribution in [3.63, 3.8) is 0 Å². The Morgan fingerprint density at radius 1 is 0.933 bits per heavy atom. The molecule has 30 heavy (non-hydrogen) atoms. The molecule has 0 aromatic heterocycles. The van der Waals surface area contributed by atoms with Gasteiger partial charge in [-0.3, -0.25) is 4.79 Å². The molecule has 7 heteroatoms. The van der Waals surface area contributed by atoms with Crippen molar-refractivity contribution in [1.82, 2.24) is 10.0 Å². The minimum Gasteiger partial charge on any atom is -0.351 e. The molecule has 0 aliphatic carbocycles. The number of carbonyl (C=O) groups is 1. The van der Waals surface area contributed by atoms with Gasteiger partial charge in [0.05, 0.1) is 0 Å². The second-order valence-electron chi connectivity index (χ2n) is 6.94. The zero-order chi connectivity index (χ0) is 21.6. The van der Waals surface area contributed by atoms with Crippen LogP contribution in [-0.4, -0.2) is 20.4 Å². The molecular weight excluding hydrogens is 403 g/mol. The first-order chi connectivity index (χ1) is 14.4. The molecule has 3 aromatic rings. The first kappa shape index (κ1) is 21.7. The smallest absolute Gasteiger partial charge is 0.244 e. The third kappa shape index (κ3) is 5.52. The normalized spacial score (nSPS) is 12.3. The van der Waals surface area contributed by atoms with E-state index >= 15 is 0 Å². The number of carbonyl (C=O) groups excluding carboxylic acids is 1. The van der Waals surface area contributed by atoms with E-state index in [1.54, 1.807) is 12.1 Å². The maximum Gasteiger partial charge on any atom is 0.244 e. The highest BCUT2D eigenvalue weighted by molar-refractivity contribution is 7.89. The Morgan fingerprint density at radius 3 is 2.27 bits per heavy atom. The molecule has 0 aliphatic rings. The van der Waals surface area contributed by atoms with Crippen LogP contribution in [0.4, 0.5) is 4.39 Å². The van der Waals surface area contributed by atoms with E-state index in [-0.39, 0.29) is 13.0 Å². The van der Waals surface area contributed by atoms with Crippen LogP contribution in [0.5, 0.6) is 0 Å². The third-order valence-corrected chi connectivity index (χ3v) is 6.24. The standard InChI is InChI=1S/C23H23FN2O3S/c1-17-9-5-6-12-19(17)16-25-23(27)21(15-18-10-3-2-4-11-18)26-30(28,29)22-14-8-7-13-20(22)24/h2-14,21,26H,15-16H2,1H3,(H,25,27). The van der Waals surface area contributed by atoms with Crippen molar-refractivity contribution in [2.75, 3.05) is 0 Å². The summed E-state index contributed by atoms with van der Waals surface area (Å²) in [4.78, 5) is 12.4. The van der Waals surface area contributed by atoms with Crippen molar-refractivity contribution in [2.24, 2.45) is 0 Å². The average molecular weight is 427 g/mol. The molecule has 0 bridgehead atoms. The fourth-order valence-electron chi connectivity index (χ4n) is 3.07. The van der Waals surface area contributed by atoms with E-state index in [9.17, 15) is 17.6 Å². The Kier molecular flexibility index (Phi) is 6.97. The van der Waals surface area contributed by atoms with Crippen LogP contribution in [-0.2, 0) is 27.8 Å². The van der Waals surface area contributed by atoms with Crippen LogP contribution in [0.15, 0.2) is 83.8 Å². The number of nitrogens with one attached hydrogen (secondary N) is 2. The van der Waals surface area contributed by atoms with Gasteiger partial charge in [-0.15, -0.1) is 0 Å². The Morgan fingerprint density at radius 2 is 1.57 bits per heavy atom.